The van der Waals surface area contributed by atoms with Crippen molar-refractivity contribution in [1.29, 1.82) is 0 Å². The summed E-state index contributed by atoms with van der Waals surface area (Å²) in [5, 5.41) is 3.94. The minimum atomic E-state index is -0.354. The van der Waals surface area contributed by atoms with E-state index in [1.54, 1.807) is 18.2 Å². The van der Waals surface area contributed by atoms with Crippen molar-refractivity contribution in [3.8, 4) is 11.4 Å². The summed E-state index contributed by atoms with van der Waals surface area (Å²) in [5.41, 5.74) is 0.352. The van der Waals surface area contributed by atoms with E-state index in [1.807, 2.05) is 4.90 Å². The van der Waals surface area contributed by atoms with Gasteiger partial charge < -0.3 is 9.42 Å². The molecule has 0 radical (unpaired) electrons. The maximum absolute atomic E-state index is 13.9. The first kappa shape index (κ1) is 20.0. The number of carbonyl (C=O) groups excluding carboxylic acids is 1. The molecule has 1 atom stereocenters. The molecule has 1 aromatic carbocycles. The zero-order chi connectivity index (χ0) is 20.1. The highest BCUT2D eigenvalue weighted by molar-refractivity contribution is 5.76. The van der Waals surface area contributed by atoms with Crippen LogP contribution in [0.15, 0.2) is 28.8 Å². The number of hydrogen-bond acceptors (Lipinski definition) is 4. The Kier molecular flexibility index (Phi) is 6.57. The number of rotatable bonds is 6. The summed E-state index contributed by atoms with van der Waals surface area (Å²) >= 11 is 0. The summed E-state index contributed by atoms with van der Waals surface area (Å²) < 4.78 is 19.3. The van der Waals surface area contributed by atoms with E-state index in [0.717, 1.165) is 38.3 Å². The van der Waals surface area contributed by atoms with Gasteiger partial charge in [-0.1, -0.05) is 49.4 Å². The Morgan fingerprint density at radius 3 is 2.72 bits per heavy atom. The van der Waals surface area contributed by atoms with E-state index in [-0.39, 0.29) is 17.5 Å². The van der Waals surface area contributed by atoms with Crippen LogP contribution in [0.5, 0.6) is 0 Å². The van der Waals surface area contributed by atoms with Gasteiger partial charge in [0, 0.05) is 25.9 Å². The van der Waals surface area contributed by atoms with Gasteiger partial charge in [-0.05, 0) is 43.2 Å². The molecule has 1 saturated carbocycles. The summed E-state index contributed by atoms with van der Waals surface area (Å²) in [6, 6.07) is 6.44. The molecule has 1 aliphatic heterocycles. The summed E-state index contributed by atoms with van der Waals surface area (Å²) in [4.78, 5) is 19.1. The average Bonchev–Trinajstić information content (AvgIpc) is 3.21. The molecule has 2 aromatic rings. The van der Waals surface area contributed by atoms with Gasteiger partial charge in [-0.3, -0.25) is 4.79 Å². The second kappa shape index (κ2) is 9.51. The van der Waals surface area contributed by atoms with E-state index in [4.69, 9.17) is 4.52 Å². The van der Waals surface area contributed by atoms with Crippen molar-refractivity contribution in [2.24, 2.45) is 11.8 Å². The Morgan fingerprint density at radius 2 is 1.90 bits per heavy atom. The minimum absolute atomic E-state index is 0.286. The second-order valence-corrected chi connectivity index (χ2v) is 8.59. The first-order valence-corrected chi connectivity index (χ1v) is 11.0. The Morgan fingerprint density at radius 1 is 1.10 bits per heavy atom. The number of aromatic nitrogens is 2. The highest BCUT2D eigenvalue weighted by Gasteiger charge is 2.26. The summed E-state index contributed by atoms with van der Waals surface area (Å²) in [6.07, 6.45) is 11.0. The molecule has 0 bridgehead atoms. The molecule has 2 fully saturated rings. The van der Waals surface area contributed by atoms with Gasteiger partial charge in [-0.25, -0.2) is 4.39 Å². The van der Waals surface area contributed by atoms with Crippen molar-refractivity contribution < 1.29 is 13.7 Å². The van der Waals surface area contributed by atoms with Crippen LogP contribution in [0.2, 0.25) is 0 Å². The molecule has 0 spiro atoms. The van der Waals surface area contributed by atoms with E-state index in [0.29, 0.717) is 30.2 Å². The van der Waals surface area contributed by atoms with Crippen LogP contribution in [0.1, 0.15) is 63.7 Å². The monoisotopic (exact) mass is 399 g/mol. The number of carbonyl (C=O) groups is 1. The molecule has 5 nitrogen and oxygen atoms in total. The number of piperidine rings is 1. The van der Waals surface area contributed by atoms with Gasteiger partial charge in [0.15, 0.2) is 0 Å². The molecular formula is C23H30FN3O2. The van der Waals surface area contributed by atoms with Gasteiger partial charge in [0.2, 0.25) is 17.6 Å². The smallest absolute Gasteiger partial charge is 0.227 e. The third kappa shape index (κ3) is 5.22. The number of halogens is 1. The number of hydrogen-bond donors (Lipinski definition) is 0. The van der Waals surface area contributed by atoms with Gasteiger partial charge >= 0.3 is 0 Å². The lowest BCUT2D eigenvalue weighted by Crippen LogP contribution is -2.40. The molecule has 1 amide bonds. The third-order valence-corrected chi connectivity index (χ3v) is 6.41. The third-order valence-electron chi connectivity index (χ3n) is 6.41. The van der Waals surface area contributed by atoms with E-state index >= 15 is 0 Å². The van der Waals surface area contributed by atoms with Gasteiger partial charge in [-0.2, -0.15) is 4.98 Å². The molecule has 1 saturated heterocycles. The molecule has 1 aromatic heterocycles. The number of benzene rings is 1. The van der Waals surface area contributed by atoms with Crippen LogP contribution in [-0.2, 0) is 11.2 Å². The molecule has 6 heteroatoms. The Bertz CT molecular complexity index is 816. The van der Waals surface area contributed by atoms with Crippen molar-refractivity contribution in [3.05, 3.63) is 36.0 Å². The highest BCUT2D eigenvalue weighted by atomic mass is 19.1. The van der Waals surface area contributed by atoms with Gasteiger partial charge in [0.25, 0.3) is 0 Å². The van der Waals surface area contributed by atoms with Crippen LogP contribution in [0.3, 0.4) is 0 Å². The quantitative estimate of drug-likeness (QED) is 0.684. The number of amides is 1. The maximum atomic E-state index is 13.9. The summed E-state index contributed by atoms with van der Waals surface area (Å²) in [7, 11) is 0. The minimum Gasteiger partial charge on any atom is -0.342 e. The molecule has 1 aliphatic carbocycles. The highest BCUT2D eigenvalue weighted by Crippen LogP contribution is 2.28. The predicted molar refractivity (Wildman–Crippen MR) is 109 cm³/mol. The molecule has 0 N–H and O–H groups in total. The van der Waals surface area contributed by atoms with Gasteiger partial charge in [-0.15, -0.1) is 0 Å². The fourth-order valence-corrected chi connectivity index (χ4v) is 4.76. The van der Waals surface area contributed by atoms with Gasteiger partial charge in [0.1, 0.15) is 5.82 Å². The molecule has 2 aliphatic rings. The Hall–Kier alpha value is -2.24. The molecule has 156 valence electrons. The number of nitrogens with zero attached hydrogens (tertiary/aromatic N) is 3. The predicted octanol–water partition coefficient (Wildman–Crippen LogP) is 5.02. The van der Waals surface area contributed by atoms with Crippen LogP contribution in [0, 0.1) is 17.7 Å². The first-order chi connectivity index (χ1) is 14.2. The van der Waals surface area contributed by atoms with E-state index < -0.39 is 0 Å². The molecule has 2 heterocycles. The SMILES string of the molecule is O=C(CCC1CCCCC1)N1CCCC(Cc2nc(-c3ccccc3F)no2)C1. The fraction of sp³-hybridized carbons (Fsp3) is 0.609. The zero-order valence-electron chi connectivity index (χ0n) is 17.0. The van der Waals surface area contributed by atoms with Crippen molar-refractivity contribution in [2.75, 3.05) is 13.1 Å². The second-order valence-electron chi connectivity index (χ2n) is 8.59. The molecule has 1 unspecified atom stereocenters. The number of likely N-dealkylation sites (tertiary alicyclic amines) is 1. The zero-order valence-corrected chi connectivity index (χ0v) is 17.0. The van der Waals surface area contributed by atoms with Crippen molar-refractivity contribution in [3.63, 3.8) is 0 Å². The van der Waals surface area contributed by atoms with Crippen LogP contribution >= 0.6 is 0 Å². The topological polar surface area (TPSA) is 59.2 Å². The lowest BCUT2D eigenvalue weighted by atomic mass is 9.86. The lowest BCUT2D eigenvalue weighted by molar-refractivity contribution is -0.133. The Labute approximate surface area is 171 Å². The van der Waals surface area contributed by atoms with E-state index in [1.165, 1.54) is 38.2 Å². The first-order valence-electron chi connectivity index (χ1n) is 11.0. The standard InChI is InChI=1S/C23H30FN3O2/c24-20-11-5-4-10-19(20)23-25-21(29-26-23)15-18-9-6-14-27(16-18)22(28)13-12-17-7-2-1-3-8-17/h4-5,10-11,17-18H,1-3,6-9,12-16H2. The largest absolute Gasteiger partial charge is 0.342 e. The normalized spacial score (nSPS) is 20.7. The maximum Gasteiger partial charge on any atom is 0.227 e. The van der Waals surface area contributed by atoms with E-state index in [9.17, 15) is 9.18 Å². The fourth-order valence-electron chi connectivity index (χ4n) is 4.76. The van der Waals surface area contributed by atoms with Crippen LogP contribution in [-0.4, -0.2) is 34.0 Å². The Balaban J connectivity index is 1.29. The lowest BCUT2D eigenvalue weighted by Gasteiger charge is -2.33. The molecular weight excluding hydrogens is 369 g/mol. The molecule has 29 heavy (non-hydrogen) atoms. The van der Waals surface area contributed by atoms with E-state index in [2.05, 4.69) is 10.1 Å². The van der Waals surface area contributed by atoms with Crippen LogP contribution in [0.25, 0.3) is 11.4 Å². The van der Waals surface area contributed by atoms with Crippen molar-refractivity contribution in [2.45, 2.75) is 64.2 Å². The van der Waals surface area contributed by atoms with Crippen molar-refractivity contribution in [1.82, 2.24) is 15.0 Å². The van der Waals surface area contributed by atoms with Crippen LogP contribution in [0.4, 0.5) is 4.39 Å². The van der Waals surface area contributed by atoms with Crippen molar-refractivity contribution >= 4 is 5.91 Å². The summed E-state index contributed by atoms with van der Waals surface area (Å²) in [6.45, 7) is 1.60. The van der Waals surface area contributed by atoms with Crippen LogP contribution < -0.4 is 0 Å². The molecule has 4 rings (SSSR count). The average molecular weight is 400 g/mol. The summed E-state index contributed by atoms with van der Waals surface area (Å²) in [5.74, 6) is 1.80. The van der Waals surface area contributed by atoms with Gasteiger partial charge in [0.05, 0.1) is 5.56 Å².